The first-order valence-corrected chi connectivity index (χ1v) is 7.14. The Hall–Kier alpha value is -3.15. The number of esters is 2. The van der Waals surface area contributed by atoms with Crippen LogP contribution in [0.15, 0.2) is 42.5 Å². The van der Waals surface area contributed by atoms with Crippen LogP contribution in [-0.2, 0) is 9.47 Å². The Balaban J connectivity index is 2.36. The quantitative estimate of drug-likeness (QED) is 0.873. The monoisotopic (exact) mass is 327 g/mol. The minimum Gasteiger partial charge on any atom is -0.465 e. The van der Waals surface area contributed by atoms with E-state index in [4.69, 9.17) is 0 Å². The van der Waals surface area contributed by atoms with Crippen molar-refractivity contribution < 1.29 is 23.9 Å². The van der Waals surface area contributed by atoms with Crippen LogP contribution in [0, 0.1) is 6.92 Å². The van der Waals surface area contributed by atoms with Crippen LogP contribution in [0.1, 0.15) is 36.6 Å². The number of hydrogen-bond acceptors (Lipinski definition) is 5. The molecule has 0 radical (unpaired) electrons. The lowest BCUT2D eigenvalue weighted by Crippen LogP contribution is -2.14. The number of carbonyl (C=O) groups is 3. The summed E-state index contributed by atoms with van der Waals surface area (Å²) in [7, 11) is 2.47. The fraction of sp³-hybridized carbons (Fsp3) is 0.167. The molecule has 6 heteroatoms. The highest BCUT2D eigenvalue weighted by Gasteiger charge is 2.15. The van der Waals surface area contributed by atoms with Gasteiger partial charge in [-0.1, -0.05) is 17.7 Å². The van der Waals surface area contributed by atoms with Crippen molar-refractivity contribution in [3.8, 4) is 0 Å². The molecule has 0 atom stereocenters. The van der Waals surface area contributed by atoms with E-state index in [1.54, 1.807) is 18.2 Å². The molecular weight excluding hydrogens is 310 g/mol. The molecule has 2 aromatic rings. The summed E-state index contributed by atoms with van der Waals surface area (Å²) in [5.74, 6) is -1.59. The normalized spacial score (nSPS) is 9.96. The Morgan fingerprint density at radius 2 is 1.42 bits per heavy atom. The second-order valence-corrected chi connectivity index (χ2v) is 5.11. The number of ether oxygens (including phenoxy) is 2. The van der Waals surface area contributed by atoms with Gasteiger partial charge in [0.05, 0.1) is 25.3 Å². The lowest BCUT2D eigenvalue weighted by Gasteiger charge is -2.10. The predicted octanol–water partition coefficient (Wildman–Crippen LogP) is 2.82. The van der Waals surface area contributed by atoms with E-state index >= 15 is 0 Å². The van der Waals surface area contributed by atoms with Crippen molar-refractivity contribution in [2.24, 2.45) is 0 Å². The SMILES string of the molecule is COC(=O)c1cc(NC(=O)c2cccc(C)c2)cc(C(=O)OC)c1. The van der Waals surface area contributed by atoms with E-state index in [9.17, 15) is 14.4 Å². The molecule has 0 aliphatic heterocycles. The summed E-state index contributed by atoms with van der Waals surface area (Å²) in [5, 5.41) is 2.67. The second kappa shape index (κ2) is 7.41. The fourth-order valence-corrected chi connectivity index (χ4v) is 2.16. The first kappa shape index (κ1) is 17.2. The summed E-state index contributed by atoms with van der Waals surface area (Å²) in [6, 6.07) is 11.3. The van der Waals surface area contributed by atoms with Crippen LogP contribution in [0.5, 0.6) is 0 Å². The molecule has 0 unspecified atom stereocenters. The summed E-state index contributed by atoms with van der Waals surface area (Å²) in [6.45, 7) is 1.88. The Morgan fingerprint density at radius 3 is 1.92 bits per heavy atom. The molecule has 2 aromatic carbocycles. The van der Waals surface area contributed by atoms with Gasteiger partial charge in [0, 0.05) is 11.3 Å². The molecule has 0 saturated carbocycles. The number of methoxy groups -OCH3 is 2. The molecule has 0 fully saturated rings. The van der Waals surface area contributed by atoms with E-state index < -0.39 is 11.9 Å². The number of benzene rings is 2. The Kier molecular flexibility index (Phi) is 5.31. The third-order valence-electron chi connectivity index (χ3n) is 3.31. The summed E-state index contributed by atoms with van der Waals surface area (Å²) < 4.78 is 9.32. The van der Waals surface area contributed by atoms with Crippen molar-refractivity contribution >= 4 is 23.5 Å². The Labute approximate surface area is 139 Å². The second-order valence-electron chi connectivity index (χ2n) is 5.11. The number of anilines is 1. The zero-order valence-corrected chi connectivity index (χ0v) is 13.6. The molecule has 0 heterocycles. The van der Waals surface area contributed by atoms with Gasteiger partial charge in [-0.2, -0.15) is 0 Å². The highest BCUT2D eigenvalue weighted by Crippen LogP contribution is 2.18. The highest BCUT2D eigenvalue weighted by molar-refractivity contribution is 6.06. The van der Waals surface area contributed by atoms with E-state index in [0.717, 1.165) is 5.56 Å². The fourth-order valence-electron chi connectivity index (χ4n) is 2.16. The molecule has 24 heavy (non-hydrogen) atoms. The van der Waals surface area contributed by atoms with Gasteiger partial charge < -0.3 is 14.8 Å². The minimum atomic E-state index is -0.619. The molecule has 0 saturated heterocycles. The van der Waals surface area contributed by atoms with E-state index in [-0.39, 0.29) is 17.0 Å². The molecule has 6 nitrogen and oxygen atoms in total. The van der Waals surface area contributed by atoms with E-state index in [0.29, 0.717) is 11.3 Å². The molecule has 0 spiro atoms. The Morgan fingerprint density at radius 1 is 0.833 bits per heavy atom. The summed E-state index contributed by atoms with van der Waals surface area (Å²) in [5.41, 5.74) is 1.99. The molecule has 1 amide bonds. The number of amides is 1. The van der Waals surface area contributed by atoms with Gasteiger partial charge in [-0.15, -0.1) is 0 Å². The number of hydrogen-bond donors (Lipinski definition) is 1. The largest absolute Gasteiger partial charge is 0.465 e. The third kappa shape index (κ3) is 3.98. The number of nitrogens with one attached hydrogen (secondary N) is 1. The van der Waals surface area contributed by atoms with Crippen molar-refractivity contribution in [3.05, 3.63) is 64.7 Å². The van der Waals surface area contributed by atoms with E-state index in [1.165, 1.54) is 32.4 Å². The molecule has 0 aromatic heterocycles. The highest BCUT2D eigenvalue weighted by atomic mass is 16.5. The maximum Gasteiger partial charge on any atom is 0.337 e. The van der Waals surface area contributed by atoms with Gasteiger partial charge >= 0.3 is 11.9 Å². The van der Waals surface area contributed by atoms with Gasteiger partial charge in [-0.25, -0.2) is 9.59 Å². The van der Waals surface area contributed by atoms with Crippen molar-refractivity contribution in [2.75, 3.05) is 19.5 Å². The first-order chi connectivity index (χ1) is 11.4. The lowest BCUT2D eigenvalue weighted by molar-refractivity contribution is 0.0599. The van der Waals surface area contributed by atoms with Crippen molar-refractivity contribution in [1.82, 2.24) is 0 Å². The number of aryl methyl sites for hydroxylation is 1. The van der Waals surface area contributed by atoms with Crippen LogP contribution in [0.25, 0.3) is 0 Å². The maximum absolute atomic E-state index is 12.3. The topological polar surface area (TPSA) is 81.7 Å². The molecular formula is C18H17NO5. The zero-order chi connectivity index (χ0) is 17.7. The van der Waals surface area contributed by atoms with Crippen molar-refractivity contribution in [2.45, 2.75) is 6.92 Å². The Bertz CT molecular complexity index is 763. The maximum atomic E-state index is 12.3. The van der Waals surface area contributed by atoms with Crippen molar-refractivity contribution in [3.63, 3.8) is 0 Å². The number of rotatable bonds is 4. The van der Waals surface area contributed by atoms with E-state index in [1.807, 2.05) is 13.0 Å². The predicted molar refractivity (Wildman–Crippen MR) is 88.3 cm³/mol. The molecule has 124 valence electrons. The molecule has 0 aliphatic carbocycles. The van der Waals surface area contributed by atoms with Gasteiger partial charge in [0.2, 0.25) is 0 Å². The standard InChI is InChI=1S/C18H17NO5/c1-11-5-4-6-12(7-11)16(20)19-15-9-13(17(21)23-2)8-14(10-15)18(22)24-3/h4-10H,1-3H3,(H,19,20). The third-order valence-corrected chi connectivity index (χ3v) is 3.31. The average molecular weight is 327 g/mol. The molecule has 0 bridgehead atoms. The van der Waals surface area contributed by atoms with Gasteiger partial charge in [-0.05, 0) is 37.3 Å². The van der Waals surface area contributed by atoms with Gasteiger partial charge in [0.25, 0.3) is 5.91 Å². The summed E-state index contributed by atoms with van der Waals surface area (Å²) >= 11 is 0. The van der Waals surface area contributed by atoms with Crippen molar-refractivity contribution in [1.29, 1.82) is 0 Å². The minimum absolute atomic E-state index is 0.139. The van der Waals surface area contributed by atoms with Gasteiger partial charge in [0.1, 0.15) is 0 Å². The number of carbonyl (C=O) groups excluding carboxylic acids is 3. The first-order valence-electron chi connectivity index (χ1n) is 7.14. The lowest BCUT2D eigenvalue weighted by atomic mass is 10.1. The summed E-state index contributed by atoms with van der Waals surface area (Å²) in [6.07, 6.45) is 0. The van der Waals surface area contributed by atoms with Crippen LogP contribution in [0.4, 0.5) is 5.69 Å². The molecule has 0 aliphatic rings. The smallest absolute Gasteiger partial charge is 0.337 e. The van der Waals surface area contributed by atoms with Gasteiger partial charge in [0.15, 0.2) is 0 Å². The molecule has 2 rings (SSSR count). The van der Waals surface area contributed by atoms with Crippen LogP contribution in [0.2, 0.25) is 0 Å². The summed E-state index contributed by atoms with van der Waals surface area (Å²) in [4.78, 5) is 35.8. The van der Waals surface area contributed by atoms with E-state index in [2.05, 4.69) is 14.8 Å². The molecule has 1 N–H and O–H groups in total. The van der Waals surface area contributed by atoms with Crippen LogP contribution < -0.4 is 5.32 Å². The van der Waals surface area contributed by atoms with Gasteiger partial charge in [-0.3, -0.25) is 4.79 Å². The zero-order valence-electron chi connectivity index (χ0n) is 13.6. The van der Waals surface area contributed by atoms with Crippen LogP contribution >= 0.6 is 0 Å². The van der Waals surface area contributed by atoms with Crippen LogP contribution in [0.3, 0.4) is 0 Å². The van der Waals surface area contributed by atoms with Crippen LogP contribution in [-0.4, -0.2) is 32.1 Å². The average Bonchev–Trinajstić information content (AvgIpc) is 2.59.